The lowest BCUT2D eigenvalue weighted by Crippen LogP contribution is -2.36. The Morgan fingerprint density at radius 2 is 1.96 bits per heavy atom. The number of unbranched alkanes of at least 4 members (excludes halogenated alkanes) is 1. The molecule has 0 spiro atoms. The van der Waals surface area contributed by atoms with Gasteiger partial charge >= 0.3 is 11.9 Å². The molecular formula is C17H24N2O6. The maximum Gasteiger partial charge on any atom is 0.331 e. The average Bonchev–Trinajstić information content (AvgIpc) is 2.91. The van der Waals surface area contributed by atoms with Crippen molar-refractivity contribution in [2.24, 2.45) is 0 Å². The third kappa shape index (κ3) is 7.06. The number of hydrogen-bond donors (Lipinski definition) is 1. The molecular weight excluding hydrogens is 328 g/mol. The summed E-state index contributed by atoms with van der Waals surface area (Å²) in [7, 11) is 0. The van der Waals surface area contributed by atoms with Crippen molar-refractivity contribution < 1.29 is 28.6 Å². The van der Waals surface area contributed by atoms with E-state index in [1.807, 2.05) is 0 Å². The summed E-state index contributed by atoms with van der Waals surface area (Å²) in [5, 5.41) is 2.46. The molecule has 8 nitrogen and oxygen atoms in total. The molecule has 0 saturated carbocycles. The van der Waals surface area contributed by atoms with Crippen molar-refractivity contribution in [2.75, 3.05) is 39.5 Å². The highest BCUT2D eigenvalue weighted by Gasteiger charge is 2.29. The van der Waals surface area contributed by atoms with Crippen LogP contribution in [0.4, 0.5) is 0 Å². The first kappa shape index (κ1) is 19.1. The zero-order valence-corrected chi connectivity index (χ0v) is 14.2. The molecule has 2 heterocycles. The lowest BCUT2D eigenvalue weighted by Gasteiger charge is -2.26. The number of carbonyl (C=O) groups excluding carboxylic acids is 3. The van der Waals surface area contributed by atoms with Gasteiger partial charge in [-0.25, -0.2) is 9.59 Å². The highest BCUT2D eigenvalue weighted by Crippen LogP contribution is 2.13. The SMILES string of the molecule is C=C1CC(OC(=O)/C=C/C(=O)OCCCCN2CCOCC2)C(=O)N1. The summed E-state index contributed by atoms with van der Waals surface area (Å²) in [6, 6.07) is 0. The fraction of sp³-hybridized carbons (Fsp3) is 0.588. The predicted octanol–water partition coefficient (Wildman–Crippen LogP) is 0.144. The minimum Gasteiger partial charge on any atom is -0.463 e. The summed E-state index contributed by atoms with van der Waals surface area (Å²) in [6.45, 7) is 8.27. The van der Waals surface area contributed by atoms with E-state index in [2.05, 4.69) is 16.8 Å². The predicted molar refractivity (Wildman–Crippen MR) is 88.4 cm³/mol. The Balaban J connectivity index is 1.54. The van der Waals surface area contributed by atoms with Gasteiger partial charge in [-0.1, -0.05) is 6.58 Å². The van der Waals surface area contributed by atoms with Crippen molar-refractivity contribution in [3.05, 3.63) is 24.4 Å². The number of morpholine rings is 1. The van der Waals surface area contributed by atoms with Crippen LogP contribution in [0, 0.1) is 0 Å². The smallest absolute Gasteiger partial charge is 0.331 e. The number of nitrogens with one attached hydrogen (secondary N) is 1. The first-order chi connectivity index (χ1) is 12.0. The first-order valence-electron chi connectivity index (χ1n) is 8.39. The molecule has 1 N–H and O–H groups in total. The van der Waals surface area contributed by atoms with E-state index in [1.54, 1.807) is 0 Å². The molecule has 0 aromatic heterocycles. The molecule has 0 aromatic rings. The quantitative estimate of drug-likeness (QED) is 0.377. The molecule has 1 unspecified atom stereocenters. The highest BCUT2D eigenvalue weighted by molar-refractivity contribution is 5.94. The van der Waals surface area contributed by atoms with Crippen LogP contribution in [0.1, 0.15) is 19.3 Å². The van der Waals surface area contributed by atoms with Crippen molar-refractivity contribution in [2.45, 2.75) is 25.4 Å². The second-order valence-electron chi connectivity index (χ2n) is 5.88. The van der Waals surface area contributed by atoms with E-state index in [-0.39, 0.29) is 6.42 Å². The molecule has 2 aliphatic rings. The zero-order chi connectivity index (χ0) is 18.1. The Hall–Kier alpha value is -2.19. The molecule has 2 aliphatic heterocycles. The molecule has 0 aromatic carbocycles. The van der Waals surface area contributed by atoms with Crippen LogP contribution >= 0.6 is 0 Å². The van der Waals surface area contributed by atoms with Crippen LogP contribution in [0.25, 0.3) is 0 Å². The van der Waals surface area contributed by atoms with E-state index in [0.29, 0.717) is 12.3 Å². The third-order valence-corrected chi connectivity index (χ3v) is 3.85. The largest absolute Gasteiger partial charge is 0.463 e. The lowest BCUT2D eigenvalue weighted by molar-refractivity contribution is -0.149. The Kier molecular flexibility index (Phi) is 7.62. The molecule has 1 amide bonds. The monoisotopic (exact) mass is 352 g/mol. The van der Waals surface area contributed by atoms with Crippen molar-refractivity contribution >= 4 is 17.8 Å². The van der Waals surface area contributed by atoms with Gasteiger partial charge in [-0.15, -0.1) is 0 Å². The molecule has 0 aliphatic carbocycles. The Labute approximate surface area is 146 Å². The molecule has 1 atom stereocenters. The number of esters is 2. The third-order valence-electron chi connectivity index (χ3n) is 3.85. The highest BCUT2D eigenvalue weighted by atomic mass is 16.5. The molecule has 2 saturated heterocycles. The van der Waals surface area contributed by atoms with Gasteiger partial charge in [0, 0.05) is 37.4 Å². The van der Waals surface area contributed by atoms with E-state index >= 15 is 0 Å². The summed E-state index contributed by atoms with van der Waals surface area (Å²) < 4.78 is 15.2. The van der Waals surface area contributed by atoms with Crippen molar-refractivity contribution in [3.8, 4) is 0 Å². The first-order valence-corrected chi connectivity index (χ1v) is 8.39. The maximum atomic E-state index is 11.6. The standard InChI is InChI=1S/C17H24N2O6/c1-13-12-14(17(22)18-13)25-16(21)5-4-15(20)24-9-3-2-6-19-7-10-23-11-8-19/h4-5,14H,1-3,6-12H2,(H,18,22)/b5-4+. The van der Waals surface area contributed by atoms with Gasteiger partial charge in [-0.3, -0.25) is 9.69 Å². The van der Waals surface area contributed by atoms with Crippen LogP contribution in [-0.4, -0.2) is 68.3 Å². The molecule has 0 radical (unpaired) electrons. The molecule has 8 heteroatoms. The second kappa shape index (κ2) is 9.95. The van der Waals surface area contributed by atoms with Crippen LogP contribution in [0.2, 0.25) is 0 Å². The van der Waals surface area contributed by atoms with Crippen LogP contribution in [-0.2, 0) is 28.6 Å². The van der Waals surface area contributed by atoms with E-state index < -0.39 is 23.9 Å². The lowest BCUT2D eigenvalue weighted by atomic mass is 10.3. The van der Waals surface area contributed by atoms with Gasteiger partial charge in [0.25, 0.3) is 5.91 Å². The molecule has 0 bridgehead atoms. The van der Waals surface area contributed by atoms with Gasteiger partial charge in [-0.05, 0) is 19.4 Å². The van der Waals surface area contributed by atoms with Crippen LogP contribution in [0.5, 0.6) is 0 Å². The maximum absolute atomic E-state index is 11.6. The summed E-state index contributed by atoms with van der Waals surface area (Å²) in [5.41, 5.74) is 0.503. The number of carbonyl (C=O) groups is 3. The summed E-state index contributed by atoms with van der Waals surface area (Å²) in [6.07, 6.45) is 3.01. The Bertz CT molecular complexity index is 539. The fourth-order valence-corrected chi connectivity index (χ4v) is 2.52. The van der Waals surface area contributed by atoms with Crippen molar-refractivity contribution in [3.63, 3.8) is 0 Å². The summed E-state index contributed by atoms with van der Waals surface area (Å²) in [5.74, 6) is -1.78. The Morgan fingerprint density at radius 1 is 1.24 bits per heavy atom. The molecule has 138 valence electrons. The normalized spacial score (nSPS) is 21.4. The number of nitrogens with zero attached hydrogens (tertiary/aromatic N) is 1. The zero-order valence-electron chi connectivity index (χ0n) is 14.2. The van der Waals surface area contributed by atoms with Crippen LogP contribution < -0.4 is 5.32 Å². The van der Waals surface area contributed by atoms with Gasteiger partial charge in [0.15, 0.2) is 6.10 Å². The van der Waals surface area contributed by atoms with Gasteiger partial charge < -0.3 is 19.5 Å². The van der Waals surface area contributed by atoms with Gasteiger partial charge in [0.05, 0.1) is 19.8 Å². The molecule has 25 heavy (non-hydrogen) atoms. The Morgan fingerprint density at radius 3 is 2.64 bits per heavy atom. The number of ether oxygens (including phenoxy) is 3. The van der Waals surface area contributed by atoms with Crippen molar-refractivity contribution in [1.82, 2.24) is 10.2 Å². The van der Waals surface area contributed by atoms with E-state index in [9.17, 15) is 14.4 Å². The summed E-state index contributed by atoms with van der Waals surface area (Å²) >= 11 is 0. The molecule has 2 rings (SSSR count). The number of hydrogen-bond acceptors (Lipinski definition) is 7. The van der Waals surface area contributed by atoms with Crippen molar-refractivity contribution in [1.29, 1.82) is 0 Å². The minimum atomic E-state index is -0.888. The molecule has 2 fully saturated rings. The van der Waals surface area contributed by atoms with Gasteiger partial charge in [0.2, 0.25) is 0 Å². The van der Waals surface area contributed by atoms with E-state index in [1.165, 1.54) is 0 Å². The van der Waals surface area contributed by atoms with Gasteiger partial charge in [-0.2, -0.15) is 0 Å². The van der Waals surface area contributed by atoms with Crippen LogP contribution in [0.3, 0.4) is 0 Å². The fourth-order valence-electron chi connectivity index (χ4n) is 2.52. The van der Waals surface area contributed by atoms with E-state index in [4.69, 9.17) is 14.2 Å². The average molecular weight is 352 g/mol. The van der Waals surface area contributed by atoms with E-state index in [0.717, 1.165) is 57.8 Å². The minimum absolute atomic E-state index is 0.242. The van der Waals surface area contributed by atoms with Crippen LogP contribution in [0.15, 0.2) is 24.4 Å². The number of rotatable bonds is 8. The summed E-state index contributed by atoms with van der Waals surface area (Å²) in [4.78, 5) is 36.8. The topological polar surface area (TPSA) is 94.2 Å². The van der Waals surface area contributed by atoms with Gasteiger partial charge in [0.1, 0.15) is 0 Å². The second-order valence-corrected chi connectivity index (χ2v) is 5.88. The number of amides is 1.